The highest BCUT2D eigenvalue weighted by atomic mass is 32.1. The summed E-state index contributed by atoms with van der Waals surface area (Å²) in [5.41, 5.74) is 3.99. The van der Waals surface area contributed by atoms with Gasteiger partial charge in [0.1, 0.15) is 11.3 Å². The molecule has 0 N–H and O–H groups in total. The lowest BCUT2D eigenvalue weighted by molar-refractivity contribution is 0.112. The van der Waals surface area contributed by atoms with Crippen LogP contribution in [0.3, 0.4) is 0 Å². The number of fused-ring (bicyclic) bond motifs is 1. The van der Waals surface area contributed by atoms with Crippen molar-refractivity contribution in [3.05, 3.63) is 41.0 Å². The van der Waals surface area contributed by atoms with Crippen LogP contribution in [0.2, 0.25) is 0 Å². The van der Waals surface area contributed by atoms with E-state index in [-0.39, 0.29) is 0 Å². The Labute approximate surface area is 113 Å². The lowest BCUT2D eigenvalue weighted by Crippen LogP contribution is -1.94. The molecule has 0 saturated heterocycles. The number of hydrogen-bond acceptors (Lipinski definition) is 4. The van der Waals surface area contributed by atoms with E-state index in [4.69, 9.17) is 0 Å². The molecule has 0 aromatic carbocycles. The first-order valence-corrected chi connectivity index (χ1v) is 7.03. The monoisotopic (exact) mass is 269 g/mol. The molecule has 1 aliphatic rings. The van der Waals surface area contributed by atoms with Crippen molar-refractivity contribution < 1.29 is 4.79 Å². The van der Waals surface area contributed by atoms with Crippen molar-refractivity contribution in [2.45, 2.75) is 18.8 Å². The molecule has 19 heavy (non-hydrogen) atoms. The first-order valence-electron chi connectivity index (χ1n) is 6.25. The molecule has 0 atom stereocenters. The predicted molar refractivity (Wildman–Crippen MR) is 73.7 cm³/mol. The van der Waals surface area contributed by atoms with E-state index < -0.39 is 0 Å². The molecule has 1 saturated carbocycles. The number of pyridine rings is 1. The first-order chi connectivity index (χ1) is 9.38. The van der Waals surface area contributed by atoms with Crippen LogP contribution in [-0.4, -0.2) is 20.0 Å². The third kappa shape index (κ3) is 1.62. The molecule has 1 aliphatic carbocycles. The lowest BCUT2D eigenvalue weighted by Gasteiger charge is -2.05. The van der Waals surface area contributed by atoms with Gasteiger partial charge in [0.25, 0.3) is 0 Å². The Morgan fingerprint density at radius 1 is 1.37 bits per heavy atom. The van der Waals surface area contributed by atoms with Crippen molar-refractivity contribution in [2.24, 2.45) is 0 Å². The minimum absolute atomic E-state index is 0.507. The number of aromatic nitrogens is 3. The standard InChI is InChI=1S/C14H11N3OS/c18-8-11-13(9-4-5-9)14(16-19-11)10-2-1-3-12-15-6-7-17(10)12/h1-3,6-9H,4-5H2. The molecule has 3 aromatic rings. The normalized spacial score (nSPS) is 14.9. The van der Waals surface area contributed by atoms with Gasteiger partial charge in [0, 0.05) is 18.0 Å². The van der Waals surface area contributed by atoms with Crippen molar-refractivity contribution in [2.75, 3.05) is 0 Å². The Morgan fingerprint density at radius 3 is 3.05 bits per heavy atom. The number of hydrogen-bond donors (Lipinski definition) is 0. The second-order valence-electron chi connectivity index (χ2n) is 4.77. The van der Waals surface area contributed by atoms with E-state index in [9.17, 15) is 4.79 Å². The molecule has 0 spiro atoms. The zero-order valence-electron chi connectivity index (χ0n) is 10.1. The Hall–Kier alpha value is -2.01. The maximum atomic E-state index is 11.2. The molecule has 3 heterocycles. The summed E-state index contributed by atoms with van der Waals surface area (Å²) < 4.78 is 6.53. The maximum Gasteiger partial charge on any atom is 0.161 e. The van der Waals surface area contributed by atoms with Gasteiger partial charge in [-0.05, 0) is 42.4 Å². The number of aldehydes is 1. The van der Waals surface area contributed by atoms with Gasteiger partial charge in [-0.3, -0.25) is 9.20 Å². The van der Waals surface area contributed by atoms with Gasteiger partial charge in [-0.2, -0.15) is 4.37 Å². The smallest absolute Gasteiger partial charge is 0.161 e. The van der Waals surface area contributed by atoms with Crippen molar-refractivity contribution in [3.8, 4) is 11.4 Å². The fraction of sp³-hybridized carbons (Fsp3) is 0.214. The maximum absolute atomic E-state index is 11.2. The summed E-state index contributed by atoms with van der Waals surface area (Å²) in [5.74, 6) is 0.507. The van der Waals surface area contributed by atoms with Crippen LogP contribution in [0, 0.1) is 0 Å². The van der Waals surface area contributed by atoms with Crippen LogP contribution in [0.4, 0.5) is 0 Å². The predicted octanol–water partition coefficient (Wildman–Crippen LogP) is 3.15. The average molecular weight is 269 g/mol. The Balaban J connectivity index is 1.99. The largest absolute Gasteiger partial charge is 0.298 e. The van der Waals surface area contributed by atoms with Crippen molar-refractivity contribution in [3.63, 3.8) is 0 Å². The molecule has 3 aromatic heterocycles. The summed E-state index contributed by atoms with van der Waals surface area (Å²) in [5, 5.41) is 0. The van der Waals surface area contributed by atoms with Crippen molar-refractivity contribution in [1.82, 2.24) is 13.8 Å². The van der Waals surface area contributed by atoms with Gasteiger partial charge in [-0.1, -0.05) is 6.07 Å². The van der Waals surface area contributed by atoms with Crippen LogP contribution in [-0.2, 0) is 0 Å². The fourth-order valence-corrected chi connectivity index (χ4v) is 3.27. The fourth-order valence-electron chi connectivity index (χ4n) is 2.49. The summed E-state index contributed by atoms with van der Waals surface area (Å²) in [6.07, 6.45) is 6.96. The van der Waals surface area contributed by atoms with Crippen LogP contribution in [0.1, 0.15) is 34.0 Å². The number of rotatable bonds is 3. The molecule has 4 nitrogen and oxygen atoms in total. The van der Waals surface area contributed by atoms with Gasteiger partial charge in [0.15, 0.2) is 6.29 Å². The summed E-state index contributed by atoms with van der Waals surface area (Å²) in [6, 6.07) is 5.98. The molecule has 0 unspecified atom stereocenters. The highest BCUT2D eigenvalue weighted by molar-refractivity contribution is 7.08. The van der Waals surface area contributed by atoms with Crippen LogP contribution < -0.4 is 0 Å². The van der Waals surface area contributed by atoms with Crippen LogP contribution in [0.15, 0.2) is 30.6 Å². The Bertz CT molecular complexity index is 770. The quantitative estimate of drug-likeness (QED) is 0.686. The average Bonchev–Trinajstić information content (AvgIpc) is 3.02. The number of carbonyl (C=O) groups is 1. The van der Waals surface area contributed by atoms with Crippen LogP contribution >= 0.6 is 11.5 Å². The molecule has 0 radical (unpaired) electrons. The van der Waals surface area contributed by atoms with Gasteiger partial charge in [-0.25, -0.2) is 4.98 Å². The van der Waals surface area contributed by atoms with E-state index in [1.165, 1.54) is 11.5 Å². The summed E-state index contributed by atoms with van der Waals surface area (Å²) in [6.45, 7) is 0. The number of nitrogens with zero attached hydrogens (tertiary/aromatic N) is 3. The van der Waals surface area contributed by atoms with Gasteiger partial charge >= 0.3 is 0 Å². The second-order valence-corrected chi connectivity index (χ2v) is 5.57. The van der Waals surface area contributed by atoms with Crippen LogP contribution in [0.25, 0.3) is 17.0 Å². The van der Waals surface area contributed by atoms with E-state index in [1.54, 1.807) is 6.20 Å². The second kappa shape index (κ2) is 3.99. The first kappa shape index (κ1) is 10.9. The topological polar surface area (TPSA) is 47.3 Å². The van der Waals surface area contributed by atoms with Crippen molar-refractivity contribution in [1.29, 1.82) is 0 Å². The lowest BCUT2D eigenvalue weighted by atomic mass is 10.1. The minimum Gasteiger partial charge on any atom is -0.298 e. The highest BCUT2D eigenvalue weighted by Gasteiger charge is 2.31. The van der Waals surface area contributed by atoms with Crippen molar-refractivity contribution >= 4 is 23.5 Å². The van der Waals surface area contributed by atoms with E-state index in [0.717, 1.165) is 46.6 Å². The molecular formula is C14H11N3OS. The zero-order valence-corrected chi connectivity index (χ0v) is 10.9. The van der Waals surface area contributed by atoms with E-state index in [2.05, 4.69) is 9.36 Å². The van der Waals surface area contributed by atoms with Crippen LogP contribution in [0.5, 0.6) is 0 Å². The molecule has 1 fully saturated rings. The molecular weight excluding hydrogens is 258 g/mol. The van der Waals surface area contributed by atoms with E-state index in [0.29, 0.717) is 5.92 Å². The summed E-state index contributed by atoms with van der Waals surface area (Å²) in [7, 11) is 0. The number of carbonyl (C=O) groups excluding carboxylic acids is 1. The molecule has 0 amide bonds. The SMILES string of the molecule is O=Cc1snc(-c2cccc3nccn23)c1C1CC1. The van der Waals surface area contributed by atoms with E-state index >= 15 is 0 Å². The third-order valence-corrected chi connectivity index (χ3v) is 4.31. The molecule has 4 rings (SSSR count). The molecule has 0 aliphatic heterocycles. The Kier molecular flexibility index (Phi) is 2.29. The third-order valence-electron chi connectivity index (χ3n) is 3.52. The zero-order chi connectivity index (χ0) is 12.8. The van der Waals surface area contributed by atoms with Gasteiger partial charge < -0.3 is 0 Å². The summed E-state index contributed by atoms with van der Waals surface area (Å²) >= 11 is 1.30. The molecule has 5 heteroatoms. The number of imidazole rings is 1. The molecule has 0 bridgehead atoms. The molecule has 94 valence electrons. The van der Waals surface area contributed by atoms with E-state index in [1.807, 2.05) is 28.8 Å². The Morgan fingerprint density at radius 2 is 2.26 bits per heavy atom. The minimum atomic E-state index is 0.507. The van der Waals surface area contributed by atoms with Gasteiger partial charge in [0.05, 0.1) is 10.6 Å². The summed E-state index contributed by atoms with van der Waals surface area (Å²) in [4.78, 5) is 16.2. The highest BCUT2D eigenvalue weighted by Crippen LogP contribution is 2.46. The van der Waals surface area contributed by atoms with Gasteiger partial charge in [-0.15, -0.1) is 0 Å². The van der Waals surface area contributed by atoms with Gasteiger partial charge in [0.2, 0.25) is 0 Å².